The molecule has 1 atom stereocenters. The van der Waals surface area contributed by atoms with Gasteiger partial charge in [0.15, 0.2) is 0 Å². The average molecular weight is 254 g/mol. The van der Waals surface area contributed by atoms with Crippen molar-refractivity contribution in [2.24, 2.45) is 0 Å². The van der Waals surface area contributed by atoms with Crippen molar-refractivity contribution < 1.29 is 19.0 Å². The van der Waals surface area contributed by atoms with E-state index in [0.29, 0.717) is 5.76 Å². The molecule has 18 heavy (non-hydrogen) atoms. The van der Waals surface area contributed by atoms with Crippen LogP contribution >= 0.6 is 0 Å². The number of rotatable bonds is 8. The molecular formula is C14H22O4. The second kappa shape index (κ2) is 6.71. The van der Waals surface area contributed by atoms with Crippen molar-refractivity contribution in [2.75, 3.05) is 6.61 Å². The van der Waals surface area contributed by atoms with Crippen molar-refractivity contribution in [2.45, 2.75) is 52.1 Å². The van der Waals surface area contributed by atoms with E-state index in [1.165, 1.54) is 6.08 Å². The smallest absolute Gasteiger partial charge is 0.395 e. The predicted octanol–water partition coefficient (Wildman–Crippen LogP) is 2.94. The standard InChI is InChI=1S/C14H22O4/c1-5-7-8-12-10-13(15)14(18-12,16-9-6-2)17-11(3)4/h6,10-11H,2,5,7-9H2,1,3-4H3. The fraction of sp³-hybridized carbons (Fsp3) is 0.643. The molecule has 0 N–H and O–H groups in total. The third-order valence-electron chi connectivity index (χ3n) is 2.42. The van der Waals surface area contributed by atoms with Crippen molar-refractivity contribution in [1.82, 2.24) is 0 Å². The maximum Gasteiger partial charge on any atom is 0.395 e. The van der Waals surface area contributed by atoms with Crippen LogP contribution in [0.25, 0.3) is 0 Å². The van der Waals surface area contributed by atoms with Crippen molar-refractivity contribution in [3.8, 4) is 0 Å². The van der Waals surface area contributed by atoms with Crippen LogP contribution < -0.4 is 0 Å². The molecule has 0 saturated carbocycles. The van der Waals surface area contributed by atoms with Crippen LogP contribution in [-0.2, 0) is 19.0 Å². The van der Waals surface area contributed by atoms with E-state index in [1.54, 1.807) is 6.08 Å². The SMILES string of the molecule is C=CCOC1(OC(C)C)OC(CCCC)=CC1=O. The van der Waals surface area contributed by atoms with Gasteiger partial charge in [-0.15, -0.1) is 6.58 Å². The minimum Gasteiger partial charge on any atom is -0.437 e. The fourth-order valence-corrected chi connectivity index (χ4v) is 1.66. The Morgan fingerprint density at radius 1 is 1.56 bits per heavy atom. The summed E-state index contributed by atoms with van der Waals surface area (Å²) in [5, 5.41) is 0. The summed E-state index contributed by atoms with van der Waals surface area (Å²) >= 11 is 0. The highest BCUT2D eigenvalue weighted by Gasteiger charge is 2.48. The summed E-state index contributed by atoms with van der Waals surface area (Å²) in [7, 11) is 0. The predicted molar refractivity (Wildman–Crippen MR) is 68.8 cm³/mol. The number of allylic oxidation sites excluding steroid dienone is 1. The lowest BCUT2D eigenvalue weighted by Gasteiger charge is -2.29. The van der Waals surface area contributed by atoms with Crippen LogP contribution in [0.1, 0.15) is 40.0 Å². The van der Waals surface area contributed by atoms with Crippen molar-refractivity contribution >= 4 is 5.78 Å². The lowest BCUT2D eigenvalue weighted by molar-refractivity contribution is -0.339. The second-order valence-electron chi connectivity index (χ2n) is 4.50. The normalized spacial score (nSPS) is 23.1. The first-order valence-corrected chi connectivity index (χ1v) is 6.40. The molecule has 0 amide bonds. The number of hydrogen-bond acceptors (Lipinski definition) is 4. The van der Waals surface area contributed by atoms with Gasteiger partial charge < -0.3 is 14.2 Å². The summed E-state index contributed by atoms with van der Waals surface area (Å²) in [6.07, 6.45) is 5.60. The molecule has 0 saturated heterocycles. The molecule has 0 aromatic carbocycles. The molecule has 0 spiro atoms. The number of ketones is 1. The zero-order valence-electron chi connectivity index (χ0n) is 11.4. The van der Waals surface area contributed by atoms with Crippen LogP contribution in [0.5, 0.6) is 0 Å². The maximum absolute atomic E-state index is 12.0. The highest BCUT2D eigenvalue weighted by Crippen LogP contribution is 2.31. The molecule has 0 radical (unpaired) electrons. The zero-order chi connectivity index (χ0) is 13.6. The fourth-order valence-electron chi connectivity index (χ4n) is 1.66. The summed E-state index contributed by atoms with van der Waals surface area (Å²) < 4.78 is 16.5. The molecule has 1 unspecified atom stereocenters. The first-order chi connectivity index (χ1) is 8.54. The molecule has 102 valence electrons. The third kappa shape index (κ3) is 3.68. The Balaban J connectivity index is 2.74. The van der Waals surface area contributed by atoms with Gasteiger partial charge in [0.1, 0.15) is 5.76 Å². The van der Waals surface area contributed by atoms with E-state index in [0.717, 1.165) is 19.3 Å². The monoisotopic (exact) mass is 254 g/mol. The summed E-state index contributed by atoms with van der Waals surface area (Å²) in [6.45, 7) is 9.52. The molecule has 0 aromatic heterocycles. The summed E-state index contributed by atoms with van der Waals surface area (Å²) in [6, 6.07) is 0. The van der Waals surface area contributed by atoms with E-state index in [-0.39, 0.29) is 18.5 Å². The molecule has 1 aliphatic rings. The van der Waals surface area contributed by atoms with E-state index in [2.05, 4.69) is 13.5 Å². The van der Waals surface area contributed by atoms with Crippen LogP contribution in [0.15, 0.2) is 24.5 Å². The van der Waals surface area contributed by atoms with Crippen LogP contribution in [0, 0.1) is 0 Å². The van der Waals surface area contributed by atoms with E-state index in [9.17, 15) is 4.79 Å². The van der Waals surface area contributed by atoms with Gasteiger partial charge in [0.2, 0.25) is 0 Å². The summed E-state index contributed by atoms with van der Waals surface area (Å²) in [5.41, 5.74) is 0. The van der Waals surface area contributed by atoms with Crippen LogP contribution in [0.2, 0.25) is 0 Å². The van der Waals surface area contributed by atoms with Crippen molar-refractivity contribution in [3.05, 3.63) is 24.5 Å². The van der Waals surface area contributed by atoms with Gasteiger partial charge in [0.25, 0.3) is 5.78 Å². The third-order valence-corrected chi connectivity index (χ3v) is 2.42. The van der Waals surface area contributed by atoms with E-state index < -0.39 is 5.97 Å². The molecule has 4 nitrogen and oxygen atoms in total. The summed E-state index contributed by atoms with van der Waals surface area (Å²) in [5.74, 6) is -1.26. The second-order valence-corrected chi connectivity index (χ2v) is 4.50. The highest BCUT2D eigenvalue weighted by atomic mass is 16.9. The first-order valence-electron chi connectivity index (χ1n) is 6.40. The van der Waals surface area contributed by atoms with E-state index >= 15 is 0 Å². The minimum absolute atomic E-state index is 0.169. The quantitative estimate of drug-likeness (QED) is 0.493. The molecule has 1 aliphatic heterocycles. The Kier molecular flexibility index (Phi) is 5.56. The molecule has 1 heterocycles. The number of carbonyl (C=O) groups is 1. The van der Waals surface area contributed by atoms with Gasteiger partial charge in [-0.2, -0.15) is 0 Å². The van der Waals surface area contributed by atoms with Crippen LogP contribution in [-0.4, -0.2) is 24.5 Å². The summed E-state index contributed by atoms with van der Waals surface area (Å²) in [4.78, 5) is 12.0. The topological polar surface area (TPSA) is 44.8 Å². The van der Waals surface area contributed by atoms with Crippen LogP contribution in [0.4, 0.5) is 0 Å². The van der Waals surface area contributed by atoms with Gasteiger partial charge in [0, 0.05) is 12.5 Å². The number of carbonyl (C=O) groups excluding carboxylic acids is 1. The molecule has 0 fully saturated rings. The van der Waals surface area contributed by atoms with Gasteiger partial charge in [-0.05, 0) is 20.3 Å². The molecule has 0 aliphatic carbocycles. The molecular weight excluding hydrogens is 232 g/mol. The first kappa shape index (κ1) is 14.9. The van der Waals surface area contributed by atoms with E-state index in [4.69, 9.17) is 14.2 Å². The Hall–Kier alpha value is -1.13. The number of ether oxygens (including phenoxy) is 3. The van der Waals surface area contributed by atoms with Crippen molar-refractivity contribution in [1.29, 1.82) is 0 Å². The number of unbranched alkanes of at least 4 members (excludes halogenated alkanes) is 1. The molecule has 1 rings (SSSR count). The maximum atomic E-state index is 12.0. The number of hydrogen-bond donors (Lipinski definition) is 0. The van der Waals surface area contributed by atoms with Gasteiger partial charge >= 0.3 is 5.97 Å². The zero-order valence-corrected chi connectivity index (χ0v) is 11.4. The lowest BCUT2D eigenvalue weighted by Crippen LogP contribution is -2.44. The van der Waals surface area contributed by atoms with Gasteiger partial charge in [-0.1, -0.05) is 19.4 Å². The Morgan fingerprint density at radius 2 is 2.28 bits per heavy atom. The van der Waals surface area contributed by atoms with Crippen molar-refractivity contribution in [3.63, 3.8) is 0 Å². The Morgan fingerprint density at radius 3 is 2.83 bits per heavy atom. The highest BCUT2D eigenvalue weighted by molar-refractivity contribution is 5.97. The van der Waals surface area contributed by atoms with Crippen LogP contribution in [0.3, 0.4) is 0 Å². The molecule has 4 heteroatoms. The van der Waals surface area contributed by atoms with Gasteiger partial charge in [-0.25, -0.2) is 0 Å². The van der Waals surface area contributed by atoms with Gasteiger partial charge in [0.05, 0.1) is 12.7 Å². The lowest BCUT2D eigenvalue weighted by atomic mass is 10.2. The van der Waals surface area contributed by atoms with Gasteiger partial charge in [-0.3, -0.25) is 4.79 Å². The Bertz CT molecular complexity index is 333. The Labute approximate surface area is 109 Å². The molecule has 0 bridgehead atoms. The average Bonchev–Trinajstić information content (AvgIpc) is 2.60. The van der Waals surface area contributed by atoms with E-state index in [1.807, 2.05) is 13.8 Å². The minimum atomic E-state index is -1.61. The largest absolute Gasteiger partial charge is 0.437 e. The molecule has 0 aromatic rings.